The van der Waals surface area contributed by atoms with Gasteiger partial charge in [0, 0.05) is 25.3 Å². The molecular weight excluding hydrogens is 450 g/mol. The standard InChI is InChI=1S/C26H33N3O4S/c1-18-7-5-9-20(13-18)15-27-24(30)17-29-23-11-10-21(14-22(23)26(3,4)25(29)31)34(32,33)28-12-6-8-19(2)16-28/h5,7,9-11,13-14,19H,6,8,12,15-17H2,1-4H3,(H,27,30). The average Bonchev–Trinajstić information content (AvgIpc) is 2.98. The number of anilines is 1. The summed E-state index contributed by atoms with van der Waals surface area (Å²) >= 11 is 0. The van der Waals surface area contributed by atoms with Gasteiger partial charge in [0.05, 0.1) is 10.3 Å². The highest BCUT2D eigenvalue weighted by Gasteiger charge is 2.45. The number of aryl methyl sites for hydroxylation is 1. The van der Waals surface area contributed by atoms with Gasteiger partial charge in [-0.15, -0.1) is 0 Å². The van der Waals surface area contributed by atoms with Crippen LogP contribution in [0.4, 0.5) is 5.69 Å². The van der Waals surface area contributed by atoms with Gasteiger partial charge < -0.3 is 10.2 Å². The summed E-state index contributed by atoms with van der Waals surface area (Å²) in [6.45, 7) is 8.90. The molecule has 2 aliphatic rings. The second kappa shape index (κ2) is 9.15. The first-order chi connectivity index (χ1) is 16.0. The van der Waals surface area contributed by atoms with Gasteiger partial charge in [0.15, 0.2) is 0 Å². The molecule has 4 rings (SSSR count). The first kappa shape index (κ1) is 24.4. The first-order valence-electron chi connectivity index (χ1n) is 11.8. The van der Waals surface area contributed by atoms with Gasteiger partial charge in [0.2, 0.25) is 21.8 Å². The van der Waals surface area contributed by atoms with Crippen LogP contribution in [-0.4, -0.2) is 44.2 Å². The number of benzene rings is 2. The van der Waals surface area contributed by atoms with Crippen LogP contribution in [-0.2, 0) is 31.6 Å². The van der Waals surface area contributed by atoms with Crippen molar-refractivity contribution in [2.24, 2.45) is 5.92 Å². The molecule has 8 heteroatoms. The minimum absolute atomic E-state index is 0.114. The van der Waals surface area contributed by atoms with Crippen molar-refractivity contribution in [2.45, 2.75) is 57.4 Å². The molecule has 2 aliphatic heterocycles. The fourth-order valence-electron chi connectivity index (χ4n) is 4.87. The van der Waals surface area contributed by atoms with Crippen molar-refractivity contribution in [3.05, 3.63) is 59.2 Å². The maximum Gasteiger partial charge on any atom is 0.243 e. The van der Waals surface area contributed by atoms with E-state index in [1.807, 2.05) is 31.2 Å². The number of nitrogens with one attached hydrogen (secondary N) is 1. The van der Waals surface area contributed by atoms with E-state index in [1.165, 1.54) is 4.90 Å². The molecule has 1 unspecified atom stereocenters. The van der Waals surface area contributed by atoms with E-state index in [0.717, 1.165) is 24.0 Å². The quantitative estimate of drug-likeness (QED) is 0.683. The molecule has 2 amide bonds. The van der Waals surface area contributed by atoms with E-state index in [4.69, 9.17) is 0 Å². The van der Waals surface area contributed by atoms with Gasteiger partial charge in [-0.1, -0.05) is 36.8 Å². The van der Waals surface area contributed by atoms with Crippen LogP contribution < -0.4 is 10.2 Å². The largest absolute Gasteiger partial charge is 0.350 e. The Labute approximate surface area is 202 Å². The molecule has 1 atom stereocenters. The van der Waals surface area contributed by atoms with Gasteiger partial charge in [0.25, 0.3) is 0 Å². The van der Waals surface area contributed by atoms with Crippen molar-refractivity contribution in [3.8, 4) is 0 Å². The predicted molar refractivity (Wildman–Crippen MR) is 132 cm³/mol. The SMILES string of the molecule is Cc1cccc(CNC(=O)CN2C(=O)C(C)(C)c3cc(S(=O)(=O)N4CCCC(C)C4)ccc32)c1. The lowest BCUT2D eigenvalue weighted by molar-refractivity contribution is -0.125. The van der Waals surface area contributed by atoms with E-state index >= 15 is 0 Å². The molecule has 0 spiro atoms. The maximum absolute atomic E-state index is 13.3. The molecule has 2 aromatic rings. The van der Waals surface area contributed by atoms with Crippen molar-refractivity contribution < 1.29 is 18.0 Å². The smallest absolute Gasteiger partial charge is 0.243 e. The summed E-state index contributed by atoms with van der Waals surface area (Å²) in [6.07, 6.45) is 1.87. The zero-order chi connectivity index (χ0) is 24.7. The summed E-state index contributed by atoms with van der Waals surface area (Å²) in [6, 6.07) is 12.7. The van der Waals surface area contributed by atoms with Crippen molar-refractivity contribution in [1.29, 1.82) is 0 Å². The molecule has 0 saturated carbocycles. The predicted octanol–water partition coefficient (Wildman–Crippen LogP) is 3.36. The number of hydrogen-bond donors (Lipinski definition) is 1. The summed E-state index contributed by atoms with van der Waals surface area (Å²) in [5, 5.41) is 2.88. The van der Waals surface area contributed by atoms with Crippen molar-refractivity contribution >= 4 is 27.5 Å². The lowest BCUT2D eigenvalue weighted by Gasteiger charge is -2.30. The highest BCUT2D eigenvalue weighted by molar-refractivity contribution is 7.89. The van der Waals surface area contributed by atoms with E-state index < -0.39 is 15.4 Å². The molecule has 2 heterocycles. The molecule has 182 valence electrons. The fraction of sp³-hybridized carbons (Fsp3) is 0.462. The van der Waals surface area contributed by atoms with Gasteiger partial charge >= 0.3 is 0 Å². The molecule has 1 N–H and O–H groups in total. The number of amides is 2. The summed E-state index contributed by atoms with van der Waals surface area (Å²) < 4.78 is 28.1. The van der Waals surface area contributed by atoms with Gasteiger partial charge in [-0.05, 0) is 68.9 Å². The Morgan fingerprint density at radius 1 is 1.18 bits per heavy atom. The van der Waals surface area contributed by atoms with Gasteiger partial charge in [-0.3, -0.25) is 9.59 Å². The Kier molecular flexibility index (Phi) is 6.57. The minimum atomic E-state index is -3.64. The molecule has 7 nitrogen and oxygen atoms in total. The van der Waals surface area contributed by atoms with Crippen LogP contribution in [0.5, 0.6) is 0 Å². The third kappa shape index (κ3) is 4.61. The molecule has 2 aromatic carbocycles. The number of hydrogen-bond acceptors (Lipinski definition) is 4. The third-order valence-corrected chi connectivity index (χ3v) is 8.70. The highest BCUT2D eigenvalue weighted by atomic mass is 32.2. The highest BCUT2D eigenvalue weighted by Crippen LogP contribution is 2.42. The number of piperidine rings is 1. The second-order valence-corrected chi connectivity index (χ2v) is 12.0. The van der Waals surface area contributed by atoms with E-state index in [-0.39, 0.29) is 23.3 Å². The van der Waals surface area contributed by atoms with E-state index in [2.05, 4.69) is 12.2 Å². The minimum Gasteiger partial charge on any atom is -0.350 e. The average molecular weight is 484 g/mol. The first-order valence-corrected chi connectivity index (χ1v) is 13.2. The molecule has 1 fully saturated rings. The van der Waals surface area contributed by atoms with Crippen LogP contribution in [0.1, 0.15) is 50.3 Å². The van der Waals surface area contributed by atoms with Crippen LogP contribution in [0.25, 0.3) is 0 Å². The molecule has 0 radical (unpaired) electrons. The topological polar surface area (TPSA) is 86.8 Å². The van der Waals surface area contributed by atoms with E-state index in [1.54, 1.807) is 36.4 Å². The summed E-state index contributed by atoms with van der Waals surface area (Å²) in [5.41, 5.74) is 2.40. The van der Waals surface area contributed by atoms with Crippen molar-refractivity contribution in [2.75, 3.05) is 24.5 Å². The van der Waals surface area contributed by atoms with Crippen LogP contribution in [0.2, 0.25) is 0 Å². The maximum atomic E-state index is 13.3. The molecular formula is C26H33N3O4S. The van der Waals surface area contributed by atoms with Crippen molar-refractivity contribution in [1.82, 2.24) is 9.62 Å². The van der Waals surface area contributed by atoms with Crippen molar-refractivity contribution in [3.63, 3.8) is 0 Å². The molecule has 0 bridgehead atoms. The number of carbonyl (C=O) groups excluding carboxylic acids is 2. The monoisotopic (exact) mass is 483 g/mol. The molecule has 0 aromatic heterocycles. The van der Waals surface area contributed by atoms with Crippen LogP contribution in [0, 0.1) is 12.8 Å². The summed E-state index contributed by atoms with van der Waals surface area (Å²) in [4.78, 5) is 27.6. The Balaban J connectivity index is 1.54. The number of rotatable bonds is 6. The number of fused-ring (bicyclic) bond motifs is 1. The van der Waals surface area contributed by atoms with Gasteiger partial charge in [-0.2, -0.15) is 4.31 Å². The Morgan fingerprint density at radius 2 is 1.94 bits per heavy atom. The van der Waals surface area contributed by atoms with Gasteiger partial charge in [-0.25, -0.2) is 8.42 Å². The van der Waals surface area contributed by atoms with Crippen LogP contribution in [0.3, 0.4) is 0 Å². The zero-order valence-corrected chi connectivity index (χ0v) is 21.1. The normalized spacial score (nSPS) is 20.3. The summed E-state index contributed by atoms with van der Waals surface area (Å²) in [5.74, 6) is -0.156. The summed E-state index contributed by atoms with van der Waals surface area (Å²) in [7, 11) is -3.64. The Bertz CT molecular complexity index is 1220. The van der Waals surface area contributed by atoms with E-state index in [0.29, 0.717) is 36.8 Å². The number of carbonyl (C=O) groups is 2. The van der Waals surface area contributed by atoms with E-state index in [9.17, 15) is 18.0 Å². The second-order valence-electron chi connectivity index (χ2n) is 10.1. The van der Waals surface area contributed by atoms with Crippen LogP contribution in [0.15, 0.2) is 47.4 Å². The molecule has 1 saturated heterocycles. The molecule has 34 heavy (non-hydrogen) atoms. The number of nitrogens with zero attached hydrogens (tertiary/aromatic N) is 2. The lowest BCUT2D eigenvalue weighted by atomic mass is 9.86. The number of sulfonamides is 1. The zero-order valence-electron chi connectivity index (χ0n) is 20.3. The fourth-order valence-corrected chi connectivity index (χ4v) is 6.49. The molecule has 0 aliphatic carbocycles. The Morgan fingerprint density at radius 3 is 2.65 bits per heavy atom. The van der Waals surface area contributed by atoms with Gasteiger partial charge in [0.1, 0.15) is 6.54 Å². The van der Waals surface area contributed by atoms with Crippen LogP contribution >= 0.6 is 0 Å². The third-order valence-electron chi connectivity index (χ3n) is 6.84. The Hall–Kier alpha value is -2.71. The lowest BCUT2D eigenvalue weighted by Crippen LogP contribution is -2.42.